The first-order chi connectivity index (χ1) is 9.77. The summed E-state index contributed by atoms with van der Waals surface area (Å²) in [6.07, 6.45) is 0. The van der Waals surface area contributed by atoms with E-state index in [0.717, 1.165) is 0 Å². The smallest absolute Gasteiger partial charge is 0.317 e. The van der Waals surface area contributed by atoms with Gasteiger partial charge in [0.25, 0.3) is 0 Å². The molecule has 2 aromatic rings. The standard InChI is InChI=1S/C16H11NO3/c18-15(12-9-5-2-6-10-12)13-14(17-20-16(13)19)11-7-3-1-4-8-11/h1-10,13H/t13-/m0/s1. The zero-order valence-corrected chi connectivity index (χ0v) is 10.5. The molecule has 0 aromatic heterocycles. The lowest BCUT2D eigenvalue weighted by Gasteiger charge is -2.08. The van der Waals surface area contributed by atoms with Gasteiger partial charge in [-0.15, -0.1) is 0 Å². The highest BCUT2D eigenvalue weighted by Gasteiger charge is 2.39. The molecule has 20 heavy (non-hydrogen) atoms. The van der Waals surface area contributed by atoms with E-state index >= 15 is 0 Å². The van der Waals surface area contributed by atoms with Crippen molar-refractivity contribution in [1.82, 2.24) is 0 Å². The Balaban J connectivity index is 1.97. The Morgan fingerprint density at radius 2 is 1.55 bits per heavy atom. The summed E-state index contributed by atoms with van der Waals surface area (Å²) in [5.41, 5.74) is 1.55. The summed E-state index contributed by atoms with van der Waals surface area (Å²) in [7, 11) is 0. The first kappa shape index (κ1) is 12.3. The Morgan fingerprint density at radius 3 is 2.20 bits per heavy atom. The van der Waals surface area contributed by atoms with Gasteiger partial charge in [0.1, 0.15) is 5.71 Å². The minimum atomic E-state index is -0.986. The third kappa shape index (κ3) is 2.12. The molecular formula is C16H11NO3. The van der Waals surface area contributed by atoms with E-state index in [4.69, 9.17) is 4.84 Å². The predicted molar refractivity (Wildman–Crippen MR) is 73.3 cm³/mol. The molecule has 0 aliphatic carbocycles. The second kappa shape index (κ2) is 5.09. The molecule has 0 saturated heterocycles. The van der Waals surface area contributed by atoms with Gasteiger partial charge in [-0.3, -0.25) is 4.79 Å². The zero-order valence-electron chi connectivity index (χ0n) is 10.5. The first-order valence-electron chi connectivity index (χ1n) is 6.21. The van der Waals surface area contributed by atoms with Crippen molar-refractivity contribution >= 4 is 17.5 Å². The minimum Gasteiger partial charge on any atom is -0.317 e. The van der Waals surface area contributed by atoms with Gasteiger partial charge in [0, 0.05) is 11.1 Å². The van der Waals surface area contributed by atoms with E-state index in [2.05, 4.69) is 5.16 Å². The lowest BCUT2D eigenvalue weighted by Crippen LogP contribution is -2.28. The molecule has 0 amide bonds. The molecule has 98 valence electrons. The fourth-order valence-corrected chi connectivity index (χ4v) is 2.14. The summed E-state index contributed by atoms with van der Waals surface area (Å²) in [5, 5.41) is 3.76. The number of oxime groups is 1. The van der Waals surface area contributed by atoms with Gasteiger partial charge in [-0.2, -0.15) is 0 Å². The molecule has 0 spiro atoms. The van der Waals surface area contributed by atoms with Gasteiger partial charge in [0.05, 0.1) is 0 Å². The summed E-state index contributed by atoms with van der Waals surface area (Å²) in [6.45, 7) is 0. The highest BCUT2D eigenvalue weighted by atomic mass is 16.7. The van der Waals surface area contributed by atoms with Gasteiger partial charge in [-0.1, -0.05) is 65.8 Å². The second-order valence-corrected chi connectivity index (χ2v) is 4.42. The van der Waals surface area contributed by atoms with Gasteiger partial charge < -0.3 is 4.84 Å². The van der Waals surface area contributed by atoms with Gasteiger partial charge in [-0.25, -0.2) is 4.79 Å². The van der Waals surface area contributed by atoms with Crippen molar-refractivity contribution in [2.45, 2.75) is 0 Å². The monoisotopic (exact) mass is 265 g/mol. The summed E-state index contributed by atoms with van der Waals surface area (Å²) >= 11 is 0. The number of rotatable bonds is 3. The Hall–Kier alpha value is -2.75. The lowest BCUT2D eigenvalue weighted by molar-refractivity contribution is -0.142. The van der Waals surface area contributed by atoms with Crippen LogP contribution >= 0.6 is 0 Å². The SMILES string of the molecule is O=C1ON=C(c2ccccc2)[C@H]1C(=O)c1ccccc1. The maximum absolute atomic E-state index is 12.5. The molecule has 0 radical (unpaired) electrons. The Kier molecular flexibility index (Phi) is 3.13. The molecule has 1 atom stereocenters. The highest BCUT2D eigenvalue weighted by Crippen LogP contribution is 2.22. The van der Waals surface area contributed by atoms with Gasteiger partial charge in [-0.05, 0) is 0 Å². The molecule has 3 rings (SSSR count). The molecule has 1 heterocycles. The molecule has 0 fully saturated rings. The van der Waals surface area contributed by atoms with Gasteiger partial charge in [0.15, 0.2) is 11.7 Å². The number of nitrogens with zero attached hydrogens (tertiary/aromatic N) is 1. The van der Waals surface area contributed by atoms with E-state index in [1.54, 1.807) is 36.4 Å². The third-order valence-corrected chi connectivity index (χ3v) is 3.13. The molecule has 0 N–H and O–H groups in total. The second-order valence-electron chi connectivity index (χ2n) is 4.42. The van der Waals surface area contributed by atoms with Crippen molar-refractivity contribution in [3.63, 3.8) is 0 Å². The van der Waals surface area contributed by atoms with Crippen molar-refractivity contribution in [2.75, 3.05) is 0 Å². The van der Waals surface area contributed by atoms with Crippen LogP contribution in [0.5, 0.6) is 0 Å². The van der Waals surface area contributed by atoms with E-state index in [1.165, 1.54) is 0 Å². The van der Waals surface area contributed by atoms with Crippen LogP contribution in [-0.4, -0.2) is 17.5 Å². The summed E-state index contributed by atoms with van der Waals surface area (Å²) < 4.78 is 0. The van der Waals surface area contributed by atoms with Crippen LogP contribution in [0, 0.1) is 5.92 Å². The fraction of sp³-hybridized carbons (Fsp3) is 0.0625. The van der Waals surface area contributed by atoms with E-state index in [-0.39, 0.29) is 5.78 Å². The average molecular weight is 265 g/mol. The number of Topliss-reactive ketones (excluding diaryl/α,β-unsaturated/α-hetero) is 1. The van der Waals surface area contributed by atoms with E-state index in [0.29, 0.717) is 16.8 Å². The van der Waals surface area contributed by atoms with Crippen LogP contribution in [0.4, 0.5) is 0 Å². The van der Waals surface area contributed by atoms with Crippen LogP contribution in [0.15, 0.2) is 65.8 Å². The van der Waals surface area contributed by atoms with E-state index < -0.39 is 11.9 Å². The molecule has 4 nitrogen and oxygen atoms in total. The van der Waals surface area contributed by atoms with Gasteiger partial charge in [0.2, 0.25) is 0 Å². The molecule has 1 aliphatic rings. The summed E-state index contributed by atoms with van der Waals surface area (Å²) in [6, 6.07) is 17.8. The van der Waals surface area contributed by atoms with Crippen LogP contribution in [-0.2, 0) is 9.63 Å². The number of benzene rings is 2. The number of carbonyl (C=O) groups is 2. The van der Waals surface area contributed by atoms with Crippen LogP contribution < -0.4 is 0 Å². The largest absolute Gasteiger partial charge is 0.351 e. The van der Waals surface area contributed by atoms with Crippen molar-refractivity contribution in [3.8, 4) is 0 Å². The van der Waals surface area contributed by atoms with Crippen LogP contribution in [0.25, 0.3) is 0 Å². The van der Waals surface area contributed by atoms with E-state index in [1.807, 2.05) is 24.3 Å². The van der Waals surface area contributed by atoms with Crippen LogP contribution in [0.1, 0.15) is 15.9 Å². The topological polar surface area (TPSA) is 55.7 Å². The number of ketones is 1. The Morgan fingerprint density at radius 1 is 0.950 bits per heavy atom. The first-order valence-corrected chi connectivity index (χ1v) is 6.21. The quantitative estimate of drug-likeness (QED) is 0.486. The Bertz CT molecular complexity index is 677. The molecule has 2 aromatic carbocycles. The maximum atomic E-state index is 12.5. The van der Waals surface area contributed by atoms with E-state index in [9.17, 15) is 9.59 Å². The minimum absolute atomic E-state index is 0.296. The number of carbonyl (C=O) groups excluding carboxylic acids is 2. The predicted octanol–water partition coefficient (Wildman–Crippen LogP) is 2.45. The molecule has 0 saturated carbocycles. The van der Waals surface area contributed by atoms with Crippen molar-refractivity contribution in [1.29, 1.82) is 0 Å². The molecule has 0 unspecified atom stereocenters. The average Bonchev–Trinajstić information content (AvgIpc) is 2.90. The van der Waals surface area contributed by atoms with Crippen molar-refractivity contribution in [3.05, 3.63) is 71.8 Å². The lowest BCUT2D eigenvalue weighted by atomic mass is 9.90. The molecule has 4 heteroatoms. The molecular weight excluding hydrogens is 254 g/mol. The summed E-state index contributed by atoms with van der Waals surface area (Å²) in [5.74, 6) is -1.91. The molecule has 0 bridgehead atoms. The maximum Gasteiger partial charge on any atom is 0.351 e. The number of hydrogen-bond acceptors (Lipinski definition) is 4. The Labute approximate surface area is 115 Å². The third-order valence-electron chi connectivity index (χ3n) is 3.13. The molecule has 1 aliphatic heterocycles. The van der Waals surface area contributed by atoms with Gasteiger partial charge >= 0.3 is 5.97 Å². The van der Waals surface area contributed by atoms with Crippen molar-refractivity contribution in [2.24, 2.45) is 11.1 Å². The summed E-state index contributed by atoms with van der Waals surface area (Å²) in [4.78, 5) is 29.0. The van der Waals surface area contributed by atoms with Crippen molar-refractivity contribution < 1.29 is 14.4 Å². The van der Waals surface area contributed by atoms with Crippen LogP contribution in [0.3, 0.4) is 0 Å². The fourth-order valence-electron chi connectivity index (χ4n) is 2.14. The number of hydrogen-bond donors (Lipinski definition) is 0. The highest BCUT2D eigenvalue weighted by molar-refractivity contribution is 6.29. The normalized spacial score (nSPS) is 17.5. The zero-order chi connectivity index (χ0) is 13.9. The van der Waals surface area contributed by atoms with Crippen LogP contribution in [0.2, 0.25) is 0 Å².